The number of rotatable bonds is 4. The number of guanidine groups is 1. The number of anilines is 1. The van der Waals surface area contributed by atoms with E-state index in [-0.39, 0.29) is 0 Å². The molecule has 1 aromatic rings. The van der Waals surface area contributed by atoms with Gasteiger partial charge < -0.3 is 10.2 Å². The van der Waals surface area contributed by atoms with Gasteiger partial charge in [0.15, 0.2) is 17.2 Å². The van der Waals surface area contributed by atoms with Gasteiger partial charge in [-0.25, -0.2) is 0 Å². The molecular formula is C10H14ClN7. The van der Waals surface area contributed by atoms with Gasteiger partial charge >= 0.3 is 0 Å². The maximum atomic E-state index is 8.46. The molecule has 0 atom stereocenters. The third kappa shape index (κ3) is 4.43. The first-order chi connectivity index (χ1) is 8.67. The van der Waals surface area contributed by atoms with Crippen molar-refractivity contribution in [2.45, 2.75) is 0 Å². The molecule has 0 aromatic carbocycles. The van der Waals surface area contributed by atoms with Crippen LogP contribution < -0.4 is 15.5 Å². The van der Waals surface area contributed by atoms with Crippen molar-refractivity contribution in [3.63, 3.8) is 0 Å². The van der Waals surface area contributed by atoms with Gasteiger partial charge in [0.25, 0.3) is 0 Å². The van der Waals surface area contributed by atoms with Gasteiger partial charge in [0.2, 0.25) is 5.96 Å². The van der Waals surface area contributed by atoms with Gasteiger partial charge in [-0.2, -0.15) is 5.26 Å². The maximum absolute atomic E-state index is 8.46. The van der Waals surface area contributed by atoms with Crippen LogP contribution >= 0.6 is 11.6 Å². The van der Waals surface area contributed by atoms with E-state index in [1.54, 1.807) is 25.4 Å². The summed E-state index contributed by atoms with van der Waals surface area (Å²) in [7, 11) is 3.49. The van der Waals surface area contributed by atoms with E-state index in [9.17, 15) is 0 Å². The number of halogens is 1. The van der Waals surface area contributed by atoms with Crippen LogP contribution in [0.1, 0.15) is 0 Å². The molecule has 0 radical (unpaired) electrons. The molecule has 0 bridgehead atoms. The van der Waals surface area contributed by atoms with Crippen molar-refractivity contribution >= 4 is 23.4 Å². The van der Waals surface area contributed by atoms with Crippen LogP contribution in [0.5, 0.6) is 0 Å². The number of nitriles is 1. The lowest BCUT2D eigenvalue weighted by Gasteiger charge is -2.18. The summed E-state index contributed by atoms with van der Waals surface area (Å²) in [5.41, 5.74) is 0. The second-order valence-electron chi connectivity index (χ2n) is 3.37. The lowest BCUT2D eigenvalue weighted by atomic mass is 10.4. The summed E-state index contributed by atoms with van der Waals surface area (Å²) in [6.07, 6.45) is 1.80. The summed E-state index contributed by atoms with van der Waals surface area (Å²) in [4.78, 5) is 5.78. The fraction of sp³-hybridized carbons (Fsp3) is 0.400. The minimum absolute atomic E-state index is 0.365. The van der Waals surface area contributed by atoms with Crippen molar-refractivity contribution in [2.24, 2.45) is 4.99 Å². The number of aromatic nitrogens is 2. The van der Waals surface area contributed by atoms with Gasteiger partial charge in [-0.1, -0.05) is 11.6 Å². The first-order valence-electron chi connectivity index (χ1n) is 5.23. The number of nitrogens with zero attached hydrogens (tertiary/aromatic N) is 5. The van der Waals surface area contributed by atoms with Crippen molar-refractivity contribution in [1.29, 1.82) is 5.26 Å². The third-order valence-electron chi connectivity index (χ3n) is 2.15. The van der Waals surface area contributed by atoms with Crippen LogP contribution in [0, 0.1) is 11.5 Å². The van der Waals surface area contributed by atoms with Gasteiger partial charge in [0.1, 0.15) is 0 Å². The predicted octanol–water partition coefficient (Wildman–Crippen LogP) is 0.212. The van der Waals surface area contributed by atoms with E-state index in [0.29, 0.717) is 24.2 Å². The largest absolute Gasteiger partial charge is 0.356 e. The highest BCUT2D eigenvalue weighted by molar-refractivity contribution is 6.29. The van der Waals surface area contributed by atoms with Crippen LogP contribution in [0.3, 0.4) is 0 Å². The van der Waals surface area contributed by atoms with Crippen LogP contribution in [-0.2, 0) is 0 Å². The van der Waals surface area contributed by atoms with Gasteiger partial charge in [-0.15, -0.1) is 10.2 Å². The first kappa shape index (κ1) is 14.0. The summed E-state index contributed by atoms with van der Waals surface area (Å²) in [5, 5.41) is 22.0. The van der Waals surface area contributed by atoms with Crippen molar-refractivity contribution < 1.29 is 0 Å². The minimum atomic E-state index is 0.365. The Hall–Kier alpha value is -2.07. The quantitative estimate of drug-likeness (QED) is 0.351. The molecule has 8 heteroatoms. The molecule has 0 aliphatic rings. The zero-order chi connectivity index (χ0) is 13.4. The normalized spacial score (nSPS) is 10.7. The standard InChI is InChI=1S/C10H14ClN7/c1-13-10(15-7-12)14-5-6-18(2)9-4-3-8(11)16-17-9/h3-4H,5-6H2,1-2H3,(H2,13,14,15). The highest BCUT2D eigenvalue weighted by atomic mass is 35.5. The van der Waals surface area contributed by atoms with Gasteiger partial charge in [-0.05, 0) is 12.1 Å². The van der Waals surface area contributed by atoms with E-state index in [2.05, 4.69) is 25.8 Å². The molecule has 0 amide bonds. The van der Waals surface area contributed by atoms with E-state index in [1.807, 2.05) is 11.9 Å². The molecule has 1 rings (SSSR count). The third-order valence-corrected chi connectivity index (χ3v) is 2.35. The van der Waals surface area contributed by atoms with E-state index < -0.39 is 0 Å². The zero-order valence-corrected chi connectivity index (χ0v) is 10.9. The minimum Gasteiger partial charge on any atom is -0.356 e. The van der Waals surface area contributed by atoms with Crippen LogP contribution in [0.4, 0.5) is 5.82 Å². The molecule has 0 aliphatic carbocycles. The van der Waals surface area contributed by atoms with Gasteiger partial charge in [-0.3, -0.25) is 10.3 Å². The Morgan fingerprint density at radius 2 is 2.33 bits per heavy atom. The summed E-state index contributed by atoms with van der Waals surface area (Å²) in [6, 6.07) is 3.47. The summed E-state index contributed by atoms with van der Waals surface area (Å²) >= 11 is 5.66. The molecule has 0 spiro atoms. The number of likely N-dealkylation sites (N-methyl/N-ethyl adjacent to an activating group) is 1. The lowest BCUT2D eigenvalue weighted by Crippen LogP contribution is -2.39. The Bertz CT molecular complexity index is 437. The van der Waals surface area contributed by atoms with Crippen molar-refractivity contribution in [3.8, 4) is 6.19 Å². The molecule has 0 aliphatic heterocycles. The highest BCUT2D eigenvalue weighted by Gasteiger charge is 2.03. The smallest absolute Gasteiger partial charge is 0.204 e. The summed E-state index contributed by atoms with van der Waals surface area (Å²) in [5.74, 6) is 1.16. The van der Waals surface area contributed by atoms with Crippen LogP contribution in [0.15, 0.2) is 17.1 Å². The van der Waals surface area contributed by atoms with Crippen molar-refractivity contribution in [3.05, 3.63) is 17.3 Å². The summed E-state index contributed by atoms with van der Waals surface area (Å²) < 4.78 is 0. The topological polar surface area (TPSA) is 89.2 Å². The second-order valence-corrected chi connectivity index (χ2v) is 3.76. The predicted molar refractivity (Wildman–Crippen MR) is 70.4 cm³/mol. The fourth-order valence-electron chi connectivity index (χ4n) is 1.20. The molecule has 0 fully saturated rings. The van der Waals surface area contributed by atoms with E-state index in [1.165, 1.54) is 0 Å². The first-order valence-corrected chi connectivity index (χ1v) is 5.61. The second kappa shape index (κ2) is 7.29. The highest BCUT2D eigenvalue weighted by Crippen LogP contribution is 2.09. The van der Waals surface area contributed by atoms with Crippen LogP contribution in [-0.4, -0.2) is 43.3 Å². The monoisotopic (exact) mass is 267 g/mol. The Morgan fingerprint density at radius 1 is 1.56 bits per heavy atom. The zero-order valence-electron chi connectivity index (χ0n) is 10.2. The molecule has 1 heterocycles. The molecule has 18 heavy (non-hydrogen) atoms. The molecule has 2 N–H and O–H groups in total. The molecule has 7 nitrogen and oxygen atoms in total. The lowest BCUT2D eigenvalue weighted by molar-refractivity contribution is 0.790. The summed E-state index contributed by atoms with van der Waals surface area (Å²) in [6.45, 7) is 1.30. The Kier molecular flexibility index (Phi) is 5.67. The van der Waals surface area contributed by atoms with Crippen LogP contribution in [0.2, 0.25) is 5.15 Å². The average Bonchev–Trinajstić information content (AvgIpc) is 2.38. The fourth-order valence-corrected chi connectivity index (χ4v) is 1.30. The molecule has 0 unspecified atom stereocenters. The Labute approximate surface area is 110 Å². The average molecular weight is 268 g/mol. The molecule has 0 saturated heterocycles. The maximum Gasteiger partial charge on any atom is 0.204 e. The molecule has 96 valence electrons. The van der Waals surface area contributed by atoms with Gasteiger partial charge in [0.05, 0.1) is 0 Å². The number of aliphatic imine (C=N–C) groups is 1. The van der Waals surface area contributed by atoms with E-state index in [0.717, 1.165) is 5.82 Å². The van der Waals surface area contributed by atoms with Crippen LogP contribution in [0.25, 0.3) is 0 Å². The number of hydrogen-bond acceptors (Lipinski definition) is 5. The van der Waals surface area contributed by atoms with E-state index in [4.69, 9.17) is 16.9 Å². The van der Waals surface area contributed by atoms with Crippen molar-refractivity contribution in [2.75, 3.05) is 32.1 Å². The van der Waals surface area contributed by atoms with E-state index >= 15 is 0 Å². The molecular weight excluding hydrogens is 254 g/mol. The Morgan fingerprint density at radius 3 is 2.89 bits per heavy atom. The van der Waals surface area contributed by atoms with Crippen molar-refractivity contribution in [1.82, 2.24) is 20.8 Å². The SMILES string of the molecule is CN=C(NC#N)NCCN(C)c1ccc(Cl)nn1. The number of nitrogens with one attached hydrogen (secondary N) is 2. The van der Waals surface area contributed by atoms with Gasteiger partial charge in [0, 0.05) is 27.2 Å². The molecule has 1 aromatic heterocycles. The molecule has 0 saturated carbocycles. The number of hydrogen-bond donors (Lipinski definition) is 2. The Balaban J connectivity index is 2.40.